The van der Waals surface area contributed by atoms with Gasteiger partial charge in [-0.3, -0.25) is 9.89 Å². The first-order chi connectivity index (χ1) is 16.7. The lowest BCUT2D eigenvalue weighted by Gasteiger charge is -2.26. The van der Waals surface area contributed by atoms with Crippen molar-refractivity contribution in [3.63, 3.8) is 0 Å². The fraction of sp³-hybridized carbons (Fsp3) is 0.217. The van der Waals surface area contributed by atoms with E-state index in [9.17, 15) is 18.0 Å². The second-order valence-electron chi connectivity index (χ2n) is 7.62. The number of rotatable bonds is 3. The number of carboxylic acids is 1. The highest BCUT2D eigenvalue weighted by molar-refractivity contribution is 5.83. The van der Waals surface area contributed by atoms with Crippen LogP contribution in [0.25, 0.3) is 22.0 Å². The molecular weight excluding hydrogens is 469 g/mol. The summed E-state index contributed by atoms with van der Waals surface area (Å²) in [5.41, 5.74) is 3.35. The van der Waals surface area contributed by atoms with E-state index in [1.807, 2.05) is 36.4 Å². The number of hydrogen-bond acceptors (Lipinski definition) is 6. The monoisotopic (exact) mass is 488 g/mol. The number of aliphatic carboxylic acids is 1. The van der Waals surface area contributed by atoms with Crippen molar-refractivity contribution in [3.8, 4) is 22.6 Å². The maximum absolute atomic E-state index is 12.7. The van der Waals surface area contributed by atoms with Gasteiger partial charge in [-0.2, -0.15) is 18.3 Å². The number of carboxylic acid groups (broad SMARTS) is 1. The van der Waals surface area contributed by atoms with E-state index in [2.05, 4.69) is 15.2 Å². The third-order valence-electron chi connectivity index (χ3n) is 5.38. The molecule has 12 heteroatoms. The molecule has 1 unspecified atom stereocenters. The van der Waals surface area contributed by atoms with Crippen LogP contribution in [-0.2, 0) is 11.2 Å². The van der Waals surface area contributed by atoms with Crippen molar-refractivity contribution in [1.29, 1.82) is 0 Å². The molecule has 2 aromatic carbocycles. The summed E-state index contributed by atoms with van der Waals surface area (Å²) in [4.78, 5) is 29.3. The summed E-state index contributed by atoms with van der Waals surface area (Å²) >= 11 is 0. The number of halogens is 3. The van der Waals surface area contributed by atoms with E-state index in [0.29, 0.717) is 29.8 Å². The van der Waals surface area contributed by atoms with Crippen LogP contribution in [0.4, 0.5) is 13.2 Å². The standard InChI is InChI=1S/C21H18N4O3.C2HF3O2/c1-27-18-3-2-4-19-16(18)8-13(11-28-19)20-24-17-6-5-12(14-9-22-23-10-14)7-15(17)21(26)25-20;3-2(4,5)1(6)7/h2-7,9-10,13H,8,11H2,1H3,(H,22,23)(H,24,25,26);(H,6,7). The molecule has 3 N–H and O–H groups in total. The fourth-order valence-corrected chi connectivity index (χ4v) is 3.68. The van der Waals surface area contributed by atoms with Gasteiger partial charge in [0, 0.05) is 17.3 Å². The molecule has 4 aromatic rings. The lowest BCUT2D eigenvalue weighted by Crippen LogP contribution is -2.24. The molecule has 0 radical (unpaired) electrons. The van der Waals surface area contributed by atoms with Gasteiger partial charge in [0.1, 0.15) is 17.3 Å². The van der Waals surface area contributed by atoms with E-state index in [4.69, 9.17) is 24.4 Å². The number of methoxy groups -OCH3 is 1. The average Bonchev–Trinajstić information content (AvgIpc) is 3.38. The Kier molecular flexibility index (Phi) is 6.45. The van der Waals surface area contributed by atoms with Gasteiger partial charge in [-0.25, -0.2) is 9.78 Å². The van der Waals surface area contributed by atoms with Crippen molar-refractivity contribution in [2.45, 2.75) is 18.5 Å². The van der Waals surface area contributed by atoms with Gasteiger partial charge in [-0.15, -0.1) is 0 Å². The highest BCUT2D eigenvalue weighted by Gasteiger charge is 2.38. The first-order valence-electron chi connectivity index (χ1n) is 10.3. The molecule has 3 heterocycles. The molecular formula is C23H19F3N4O5. The Bertz CT molecular complexity index is 1400. The molecule has 0 spiro atoms. The molecule has 0 fully saturated rings. The summed E-state index contributed by atoms with van der Waals surface area (Å²) in [6.45, 7) is 0.460. The van der Waals surface area contributed by atoms with Crippen LogP contribution in [0.1, 0.15) is 17.3 Å². The van der Waals surface area contributed by atoms with E-state index in [0.717, 1.165) is 28.2 Å². The molecule has 2 aromatic heterocycles. The van der Waals surface area contributed by atoms with Crippen LogP contribution in [-0.4, -0.2) is 51.1 Å². The fourth-order valence-electron chi connectivity index (χ4n) is 3.68. The second-order valence-corrected chi connectivity index (χ2v) is 7.62. The van der Waals surface area contributed by atoms with Crippen molar-refractivity contribution in [2.75, 3.05) is 13.7 Å². The van der Waals surface area contributed by atoms with Gasteiger partial charge in [0.25, 0.3) is 5.56 Å². The van der Waals surface area contributed by atoms with Crippen LogP contribution >= 0.6 is 0 Å². The topological polar surface area (TPSA) is 130 Å². The van der Waals surface area contributed by atoms with Crippen molar-refractivity contribution in [1.82, 2.24) is 20.2 Å². The normalized spacial score (nSPS) is 14.9. The zero-order valence-corrected chi connectivity index (χ0v) is 18.2. The van der Waals surface area contributed by atoms with Crippen LogP contribution in [0.15, 0.2) is 53.6 Å². The number of aromatic nitrogens is 4. The van der Waals surface area contributed by atoms with Crippen LogP contribution < -0.4 is 15.0 Å². The molecule has 0 bridgehead atoms. The Balaban J connectivity index is 0.000000364. The lowest BCUT2D eigenvalue weighted by atomic mass is 9.95. The summed E-state index contributed by atoms with van der Waals surface area (Å²) in [5.74, 6) is -0.564. The van der Waals surface area contributed by atoms with Gasteiger partial charge < -0.3 is 19.6 Å². The average molecular weight is 488 g/mol. The molecule has 0 saturated carbocycles. The molecule has 0 amide bonds. The number of fused-ring (bicyclic) bond motifs is 2. The Morgan fingerprint density at radius 2 is 2.00 bits per heavy atom. The molecule has 1 aliphatic heterocycles. The summed E-state index contributed by atoms with van der Waals surface area (Å²) in [6.07, 6.45) is -0.871. The summed E-state index contributed by atoms with van der Waals surface area (Å²) in [7, 11) is 1.65. The van der Waals surface area contributed by atoms with Gasteiger partial charge in [-0.1, -0.05) is 12.1 Å². The van der Waals surface area contributed by atoms with Gasteiger partial charge in [0.2, 0.25) is 0 Å². The minimum absolute atomic E-state index is 0.0468. The number of alkyl halides is 3. The molecule has 1 atom stereocenters. The highest BCUT2D eigenvalue weighted by Crippen LogP contribution is 2.37. The zero-order chi connectivity index (χ0) is 25.2. The predicted octanol–water partition coefficient (Wildman–Crippen LogP) is 3.67. The molecule has 5 rings (SSSR count). The Morgan fingerprint density at radius 3 is 2.66 bits per heavy atom. The number of nitrogens with zero attached hydrogens (tertiary/aromatic N) is 2. The number of aromatic amines is 2. The largest absolute Gasteiger partial charge is 0.496 e. The van der Waals surface area contributed by atoms with E-state index in [1.165, 1.54) is 0 Å². The van der Waals surface area contributed by atoms with E-state index in [1.54, 1.807) is 19.5 Å². The van der Waals surface area contributed by atoms with Crippen LogP contribution in [0.5, 0.6) is 11.5 Å². The highest BCUT2D eigenvalue weighted by atomic mass is 19.4. The number of benzene rings is 2. The van der Waals surface area contributed by atoms with Gasteiger partial charge >= 0.3 is 12.1 Å². The molecule has 0 saturated heterocycles. The third-order valence-corrected chi connectivity index (χ3v) is 5.38. The Hall–Kier alpha value is -4.35. The van der Waals surface area contributed by atoms with E-state index >= 15 is 0 Å². The van der Waals surface area contributed by atoms with Crippen molar-refractivity contribution < 1.29 is 32.5 Å². The van der Waals surface area contributed by atoms with Crippen LogP contribution in [0.3, 0.4) is 0 Å². The lowest BCUT2D eigenvalue weighted by molar-refractivity contribution is -0.192. The summed E-state index contributed by atoms with van der Waals surface area (Å²) in [5, 5.41) is 14.4. The molecule has 1 aliphatic rings. The molecule has 0 aliphatic carbocycles. The Morgan fingerprint density at radius 1 is 1.23 bits per heavy atom. The van der Waals surface area contributed by atoms with Gasteiger partial charge in [0.05, 0.1) is 36.7 Å². The SMILES string of the molecule is COc1cccc2c1CC(c1nc3ccc(-c4cn[nH]c4)cc3c(=O)[nH]1)CO2.O=C(O)C(F)(F)F. The summed E-state index contributed by atoms with van der Waals surface area (Å²) in [6, 6.07) is 11.4. The number of H-pyrrole nitrogens is 2. The van der Waals surface area contributed by atoms with Crippen molar-refractivity contribution in [3.05, 3.63) is 70.5 Å². The minimum atomic E-state index is -5.08. The van der Waals surface area contributed by atoms with Crippen LogP contribution in [0, 0.1) is 0 Å². The zero-order valence-electron chi connectivity index (χ0n) is 18.2. The van der Waals surface area contributed by atoms with Crippen molar-refractivity contribution in [2.24, 2.45) is 0 Å². The number of ether oxygens (including phenoxy) is 2. The minimum Gasteiger partial charge on any atom is -0.496 e. The summed E-state index contributed by atoms with van der Waals surface area (Å²) < 4.78 is 43.1. The maximum Gasteiger partial charge on any atom is 0.490 e. The molecule has 182 valence electrons. The van der Waals surface area contributed by atoms with E-state index in [-0.39, 0.29) is 11.5 Å². The van der Waals surface area contributed by atoms with Crippen molar-refractivity contribution >= 4 is 16.9 Å². The maximum atomic E-state index is 12.7. The first kappa shape index (κ1) is 23.8. The molecule has 9 nitrogen and oxygen atoms in total. The third kappa shape index (κ3) is 5.10. The van der Waals surface area contributed by atoms with Gasteiger partial charge in [0.15, 0.2) is 0 Å². The predicted molar refractivity (Wildman–Crippen MR) is 119 cm³/mol. The quantitative estimate of drug-likeness (QED) is 0.401. The Labute approximate surface area is 195 Å². The molecule has 35 heavy (non-hydrogen) atoms. The number of hydrogen-bond donors (Lipinski definition) is 3. The van der Waals surface area contributed by atoms with Gasteiger partial charge in [-0.05, 0) is 36.2 Å². The first-order valence-corrected chi connectivity index (χ1v) is 10.3. The number of carbonyl (C=O) groups is 1. The van der Waals surface area contributed by atoms with Crippen LogP contribution in [0.2, 0.25) is 0 Å². The second kappa shape index (κ2) is 9.49. The smallest absolute Gasteiger partial charge is 0.490 e. The van der Waals surface area contributed by atoms with E-state index < -0.39 is 12.1 Å². The number of nitrogens with one attached hydrogen (secondary N) is 2.